The lowest BCUT2D eigenvalue weighted by molar-refractivity contribution is -0.133. The second kappa shape index (κ2) is 5.61. The second-order valence-electron chi connectivity index (χ2n) is 4.83. The van der Waals surface area contributed by atoms with Crippen LogP contribution in [0.5, 0.6) is 0 Å². The van der Waals surface area contributed by atoms with Gasteiger partial charge in [-0.3, -0.25) is 9.78 Å². The maximum atomic E-state index is 12.4. The lowest BCUT2D eigenvalue weighted by Gasteiger charge is -2.40. The van der Waals surface area contributed by atoms with E-state index in [1.165, 1.54) is 12.3 Å². The van der Waals surface area contributed by atoms with E-state index in [2.05, 4.69) is 10.3 Å². The summed E-state index contributed by atoms with van der Waals surface area (Å²) in [6.45, 7) is 4.90. The van der Waals surface area contributed by atoms with Crippen molar-refractivity contribution in [3.63, 3.8) is 0 Å². The highest BCUT2D eigenvalue weighted by atomic mass is 19.3. The minimum Gasteiger partial charge on any atom is -0.340 e. The normalized spacial score (nSPS) is 17.4. The lowest BCUT2D eigenvalue weighted by atomic mass is 10.1. The first kappa shape index (κ1) is 13.9. The lowest BCUT2D eigenvalue weighted by Crippen LogP contribution is -2.59. The van der Waals surface area contributed by atoms with Gasteiger partial charge >= 0.3 is 0 Å². The molecule has 1 amide bonds. The average molecular weight is 269 g/mol. The Hall–Kier alpha value is -1.56. The van der Waals surface area contributed by atoms with Gasteiger partial charge in [0.1, 0.15) is 5.69 Å². The number of hydrogen-bond donors (Lipinski definition) is 1. The fraction of sp³-hybridized carbons (Fsp3) is 0.538. The second-order valence-corrected chi connectivity index (χ2v) is 4.83. The Kier molecular flexibility index (Phi) is 4.09. The topological polar surface area (TPSA) is 45.2 Å². The average Bonchev–Trinajstić information content (AvgIpc) is 2.32. The van der Waals surface area contributed by atoms with Crippen LogP contribution in [0.4, 0.5) is 8.78 Å². The van der Waals surface area contributed by atoms with Crippen molar-refractivity contribution < 1.29 is 13.6 Å². The molecule has 0 saturated carbocycles. The molecule has 104 valence electrons. The Balaban J connectivity index is 1.87. The van der Waals surface area contributed by atoms with Crippen molar-refractivity contribution in [2.24, 2.45) is 0 Å². The van der Waals surface area contributed by atoms with Gasteiger partial charge in [0, 0.05) is 38.3 Å². The van der Waals surface area contributed by atoms with Gasteiger partial charge in [0.25, 0.3) is 6.43 Å². The largest absolute Gasteiger partial charge is 0.340 e. The molecule has 2 heterocycles. The summed E-state index contributed by atoms with van der Waals surface area (Å²) < 4.78 is 24.8. The third kappa shape index (κ3) is 3.26. The molecule has 1 aliphatic heterocycles. The number of nitrogens with zero attached hydrogens (tertiary/aromatic N) is 2. The van der Waals surface area contributed by atoms with Gasteiger partial charge < -0.3 is 10.2 Å². The number of halogens is 2. The van der Waals surface area contributed by atoms with Gasteiger partial charge in [0.15, 0.2) is 0 Å². The van der Waals surface area contributed by atoms with E-state index in [0.29, 0.717) is 13.1 Å². The van der Waals surface area contributed by atoms with E-state index >= 15 is 0 Å². The Labute approximate surface area is 110 Å². The van der Waals surface area contributed by atoms with Gasteiger partial charge in [0.2, 0.25) is 5.91 Å². The van der Waals surface area contributed by atoms with Crippen molar-refractivity contribution >= 4 is 5.91 Å². The van der Waals surface area contributed by atoms with Crippen LogP contribution in [0.15, 0.2) is 18.3 Å². The molecule has 19 heavy (non-hydrogen) atoms. The van der Waals surface area contributed by atoms with Gasteiger partial charge in [-0.25, -0.2) is 8.78 Å². The van der Waals surface area contributed by atoms with Crippen LogP contribution in [0.3, 0.4) is 0 Å². The quantitative estimate of drug-likeness (QED) is 0.908. The number of hydrogen-bond acceptors (Lipinski definition) is 3. The smallest absolute Gasteiger partial charge is 0.280 e. The summed E-state index contributed by atoms with van der Waals surface area (Å²) in [4.78, 5) is 16.5. The molecule has 4 nitrogen and oxygen atoms in total. The molecule has 1 atom stereocenters. The molecule has 1 N–H and O–H groups in total. The number of likely N-dealkylation sites (tertiary alicyclic amines) is 1. The van der Waals surface area contributed by atoms with Crippen LogP contribution in [0, 0.1) is 0 Å². The van der Waals surface area contributed by atoms with Crippen molar-refractivity contribution in [3.05, 3.63) is 29.6 Å². The number of alkyl halides is 2. The summed E-state index contributed by atoms with van der Waals surface area (Å²) in [7, 11) is 0. The fourth-order valence-corrected chi connectivity index (χ4v) is 2.09. The highest BCUT2D eigenvalue weighted by molar-refractivity contribution is 5.74. The highest BCUT2D eigenvalue weighted by Gasteiger charge is 2.29. The molecule has 0 aliphatic carbocycles. The molecule has 1 fully saturated rings. The Morgan fingerprint density at radius 2 is 2.16 bits per heavy atom. The SMILES string of the molecule is CC(=O)N1CC(NC(C)c2ccc(C(F)F)nc2)C1. The summed E-state index contributed by atoms with van der Waals surface area (Å²) >= 11 is 0. The first-order valence-corrected chi connectivity index (χ1v) is 6.23. The summed E-state index contributed by atoms with van der Waals surface area (Å²) in [6, 6.07) is 3.29. The third-order valence-corrected chi connectivity index (χ3v) is 3.35. The molecule has 0 aromatic carbocycles. The molecule has 1 aromatic rings. The van der Waals surface area contributed by atoms with Crippen LogP contribution in [0.2, 0.25) is 0 Å². The van der Waals surface area contributed by atoms with Gasteiger partial charge in [-0.05, 0) is 18.6 Å². The number of carbonyl (C=O) groups excluding carboxylic acids is 1. The number of rotatable bonds is 4. The van der Waals surface area contributed by atoms with Crippen LogP contribution in [-0.4, -0.2) is 34.9 Å². The Morgan fingerprint density at radius 3 is 2.63 bits per heavy atom. The van der Waals surface area contributed by atoms with E-state index in [-0.39, 0.29) is 23.7 Å². The minimum atomic E-state index is -2.53. The zero-order valence-corrected chi connectivity index (χ0v) is 10.9. The predicted octanol–water partition coefficient (Wildman–Crippen LogP) is 1.90. The van der Waals surface area contributed by atoms with E-state index in [4.69, 9.17) is 0 Å². The van der Waals surface area contributed by atoms with Crippen LogP contribution in [0.1, 0.15) is 37.6 Å². The molecule has 1 aliphatic rings. The maximum absolute atomic E-state index is 12.4. The van der Waals surface area contributed by atoms with Gasteiger partial charge in [0.05, 0.1) is 0 Å². The molecule has 0 spiro atoms. The molecule has 1 aromatic heterocycles. The highest BCUT2D eigenvalue weighted by Crippen LogP contribution is 2.20. The predicted molar refractivity (Wildman–Crippen MR) is 66.8 cm³/mol. The maximum Gasteiger partial charge on any atom is 0.280 e. The number of amides is 1. The Bertz CT molecular complexity index is 444. The molecular weight excluding hydrogens is 252 g/mol. The number of nitrogens with one attached hydrogen (secondary N) is 1. The summed E-state index contributed by atoms with van der Waals surface area (Å²) in [5.41, 5.74) is 0.660. The van der Waals surface area contributed by atoms with Crippen molar-refractivity contribution in [2.45, 2.75) is 32.4 Å². The monoisotopic (exact) mass is 269 g/mol. The summed E-state index contributed by atoms with van der Waals surface area (Å²) in [5, 5.41) is 3.34. The van der Waals surface area contributed by atoms with Crippen molar-refractivity contribution in [2.75, 3.05) is 13.1 Å². The first-order chi connectivity index (χ1) is 8.97. The molecule has 0 radical (unpaired) electrons. The zero-order chi connectivity index (χ0) is 14.0. The van der Waals surface area contributed by atoms with Crippen LogP contribution in [-0.2, 0) is 4.79 Å². The number of aromatic nitrogens is 1. The van der Waals surface area contributed by atoms with Crippen LogP contribution >= 0.6 is 0 Å². The molecule has 1 unspecified atom stereocenters. The Morgan fingerprint density at radius 1 is 1.47 bits per heavy atom. The number of carbonyl (C=O) groups is 1. The van der Waals surface area contributed by atoms with E-state index < -0.39 is 6.43 Å². The number of pyridine rings is 1. The van der Waals surface area contributed by atoms with Crippen molar-refractivity contribution in [1.82, 2.24) is 15.2 Å². The first-order valence-electron chi connectivity index (χ1n) is 6.23. The third-order valence-electron chi connectivity index (χ3n) is 3.35. The summed E-state index contributed by atoms with van der Waals surface area (Å²) in [6.07, 6.45) is -1.06. The van der Waals surface area contributed by atoms with Crippen LogP contribution < -0.4 is 5.32 Å². The van der Waals surface area contributed by atoms with Crippen LogP contribution in [0.25, 0.3) is 0 Å². The van der Waals surface area contributed by atoms with Gasteiger partial charge in [-0.1, -0.05) is 6.07 Å². The fourth-order valence-electron chi connectivity index (χ4n) is 2.09. The molecule has 2 rings (SSSR count). The van der Waals surface area contributed by atoms with E-state index in [0.717, 1.165) is 5.56 Å². The van der Waals surface area contributed by atoms with E-state index in [9.17, 15) is 13.6 Å². The van der Waals surface area contributed by atoms with Gasteiger partial charge in [-0.15, -0.1) is 0 Å². The zero-order valence-electron chi connectivity index (χ0n) is 10.9. The molecule has 6 heteroatoms. The van der Waals surface area contributed by atoms with Gasteiger partial charge in [-0.2, -0.15) is 0 Å². The molecule has 1 saturated heterocycles. The van der Waals surface area contributed by atoms with E-state index in [1.807, 2.05) is 6.92 Å². The standard InChI is InChI=1S/C13H17F2N3O/c1-8(17-11-6-18(7-11)9(2)19)10-3-4-12(13(14)15)16-5-10/h3-5,8,11,13,17H,6-7H2,1-2H3. The minimum absolute atomic E-state index is 0.0262. The summed E-state index contributed by atoms with van der Waals surface area (Å²) in [5.74, 6) is 0.0775. The molecule has 0 bridgehead atoms. The van der Waals surface area contributed by atoms with Crippen molar-refractivity contribution in [3.8, 4) is 0 Å². The molecular formula is C13H17F2N3O. The van der Waals surface area contributed by atoms with E-state index in [1.54, 1.807) is 17.9 Å². The van der Waals surface area contributed by atoms with Crippen molar-refractivity contribution in [1.29, 1.82) is 0 Å².